The summed E-state index contributed by atoms with van der Waals surface area (Å²) in [4.78, 5) is 3.41. The molecular formula is C18H11Cl3N2. The second kappa shape index (κ2) is 5.64. The van der Waals surface area contributed by atoms with E-state index in [-0.39, 0.29) is 0 Å². The van der Waals surface area contributed by atoms with Gasteiger partial charge in [0, 0.05) is 38.2 Å². The number of benzene rings is 3. The maximum Gasteiger partial charge on any atom is 0.0612 e. The summed E-state index contributed by atoms with van der Waals surface area (Å²) >= 11 is 18.1. The standard InChI is InChI=1S/C18H11Cl3N2/c19-10-1-6-17-14(7-10)13-4-2-12(9-18(13)23-17)22-11-3-5-15(20)16(21)8-11/h1-9,22-23H. The van der Waals surface area contributed by atoms with Crippen molar-refractivity contribution in [2.75, 3.05) is 5.32 Å². The third-order valence-corrected chi connectivity index (χ3v) is 4.74. The summed E-state index contributed by atoms with van der Waals surface area (Å²) < 4.78 is 0. The molecule has 0 aliphatic rings. The lowest BCUT2D eigenvalue weighted by molar-refractivity contribution is 1.52. The molecule has 0 radical (unpaired) electrons. The fourth-order valence-electron chi connectivity index (χ4n) is 2.69. The van der Waals surface area contributed by atoms with Crippen LogP contribution in [0.15, 0.2) is 54.6 Å². The third kappa shape index (κ3) is 2.74. The molecule has 0 saturated carbocycles. The van der Waals surface area contributed by atoms with Crippen LogP contribution < -0.4 is 5.32 Å². The van der Waals surface area contributed by atoms with Gasteiger partial charge < -0.3 is 10.3 Å². The molecule has 1 aromatic heterocycles. The van der Waals surface area contributed by atoms with Crippen LogP contribution in [0, 0.1) is 0 Å². The lowest BCUT2D eigenvalue weighted by atomic mass is 10.1. The Kier molecular flexibility index (Phi) is 3.61. The van der Waals surface area contributed by atoms with E-state index in [1.165, 1.54) is 0 Å². The van der Waals surface area contributed by atoms with Crippen molar-refractivity contribution < 1.29 is 0 Å². The van der Waals surface area contributed by atoms with Gasteiger partial charge in [0.15, 0.2) is 0 Å². The molecule has 2 nitrogen and oxygen atoms in total. The van der Waals surface area contributed by atoms with E-state index in [9.17, 15) is 0 Å². The van der Waals surface area contributed by atoms with Crippen LogP contribution in [0.2, 0.25) is 15.1 Å². The zero-order chi connectivity index (χ0) is 16.0. The third-order valence-electron chi connectivity index (χ3n) is 3.77. The molecule has 5 heteroatoms. The van der Waals surface area contributed by atoms with Gasteiger partial charge in [-0.2, -0.15) is 0 Å². The van der Waals surface area contributed by atoms with Gasteiger partial charge in [-0.3, -0.25) is 0 Å². The van der Waals surface area contributed by atoms with Gasteiger partial charge in [0.2, 0.25) is 0 Å². The van der Waals surface area contributed by atoms with Crippen molar-refractivity contribution in [3.8, 4) is 0 Å². The van der Waals surface area contributed by atoms with Crippen molar-refractivity contribution in [3.63, 3.8) is 0 Å². The summed E-state index contributed by atoms with van der Waals surface area (Å²) in [6.45, 7) is 0. The monoisotopic (exact) mass is 360 g/mol. The molecule has 0 bridgehead atoms. The molecule has 114 valence electrons. The van der Waals surface area contributed by atoms with Crippen molar-refractivity contribution in [1.29, 1.82) is 0 Å². The van der Waals surface area contributed by atoms with Crippen LogP contribution in [0.3, 0.4) is 0 Å². The first-order chi connectivity index (χ1) is 11.1. The minimum Gasteiger partial charge on any atom is -0.355 e. The van der Waals surface area contributed by atoms with Crippen LogP contribution in [-0.2, 0) is 0 Å². The Balaban J connectivity index is 1.76. The Labute approximate surface area is 148 Å². The molecule has 3 aromatic carbocycles. The average molecular weight is 362 g/mol. The molecule has 0 aliphatic carbocycles. The van der Waals surface area contributed by atoms with E-state index in [4.69, 9.17) is 34.8 Å². The first kappa shape index (κ1) is 14.7. The predicted octanol–water partition coefficient (Wildman–Crippen LogP) is 7.02. The number of nitrogens with one attached hydrogen (secondary N) is 2. The first-order valence-corrected chi connectivity index (χ1v) is 8.16. The summed E-state index contributed by atoms with van der Waals surface area (Å²) in [5.41, 5.74) is 3.97. The van der Waals surface area contributed by atoms with Gasteiger partial charge in [-0.05, 0) is 48.5 Å². The number of aromatic amines is 1. The number of hydrogen-bond acceptors (Lipinski definition) is 1. The van der Waals surface area contributed by atoms with E-state index in [0.717, 1.165) is 38.2 Å². The number of hydrogen-bond donors (Lipinski definition) is 2. The molecule has 4 rings (SSSR count). The quantitative estimate of drug-likeness (QED) is 0.394. The van der Waals surface area contributed by atoms with Gasteiger partial charge in [-0.15, -0.1) is 0 Å². The molecule has 0 aliphatic heterocycles. The zero-order valence-electron chi connectivity index (χ0n) is 11.8. The minimum atomic E-state index is 0.526. The highest BCUT2D eigenvalue weighted by Crippen LogP contribution is 2.31. The summed E-state index contributed by atoms with van der Waals surface area (Å²) in [5.74, 6) is 0. The highest BCUT2D eigenvalue weighted by atomic mass is 35.5. The smallest absolute Gasteiger partial charge is 0.0612 e. The molecule has 2 N–H and O–H groups in total. The lowest BCUT2D eigenvalue weighted by Gasteiger charge is -2.07. The minimum absolute atomic E-state index is 0.526. The number of rotatable bonds is 2. The van der Waals surface area contributed by atoms with Crippen LogP contribution in [-0.4, -0.2) is 4.98 Å². The van der Waals surface area contributed by atoms with Crippen molar-refractivity contribution in [2.24, 2.45) is 0 Å². The topological polar surface area (TPSA) is 27.8 Å². The fraction of sp³-hybridized carbons (Fsp3) is 0. The van der Waals surface area contributed by atoms with Crippen LogP contribution in [0.5, 0.6) is 0 Å². The van der Waals surface area contributed by atoms with E-state index in [2.05, 4.69) is 22.4 Å². The largest absolute Gasteiger partial charge is 0.355 e. The second-order valence-electron chi connectivity index (χ2n) is 5.33. The van der Waals surface area contributed by atoms with Crippen LogP contribution in [0.1, 0.15) is 0 Å². The van der Waals surface area contributed by atoms with E-state index >= 15 is 0 Å². The number of anilines is 2. The molecular weight excluding hydrogens is 351 g/mol. The normalized spacial score (nSPS) is 11.3. The molecule has 0 spiro atoms. The summed E-state index contributed by atoms with van der Waals surface area (Å²) in [6.07, 6.45) is 0. The molecule has 0 atom stereocenters. The summed E-state index contributed by atoms with van der Waals surface area (Å²) in [6, 6.07) is 17.5. The Hall–Kier alpha value is -1.87. The molecule has 0 amide bonds. The first-order valence-electron chi connectivity index (χ1n) is 7.03. The molecule has 0 unspecified atom stereocenters. The molecule has 1 heterocycles. The van der Waals surface area contributed by atoms with Crippen molar-refractivity contribution >= 4 is 68.0 Å². The van der Waals surface area contributed by atoms with Crippen molar-refractivity contribution in [2.45, 2.75) is 0 Å². The van der Waals surface area contributed by atoms with Gasteiger partial charge in [-0.1, -0.05) is 40.9 Å². The molecule has 0 fully saturated rings. The maximum absolute atomic E-state index is 6.09. The Morgan fingerprint density at radius 1 is 0.652 bits per heavy atom. The second-order valence-corrected chi connectivity index (χ2v) is 6.58. The zero-order valence-corrected chi connectivity index (χ0v) is 14.1. The highest BCUT2D eigenvalue weighted by Gasteiger charge is 2.06. The average Bonchev–Trinajstić information content (AvgIpc) is 2.88. The Morgan fingerprint density at radius 2 is 1.43 bits per heavy atom. The van der Waals surface area contributed by atoms with E-state index in [1.54, 1.807) is 12.1 Å². The van der Waals surface area contributed by atoms with Crippen LogP contribution in [0.25, 0.3) is 21.8 Å². The van der Waals surface area contributed by atoms with E-state index in [1.807, 2.05) is 30.3 Å². The van der Waals surface area contributed by atoms with Gasteiger partial charge >= 0.3 is 0 Å². The van der Waals surface area contributed by atoms with E-state index < -0.39 is 0 Å². The van der Waals surface area contributed by atoms with Gasteiger partial charge in [0.25, 0.3) is 0 Å². The molecule has 0 saturated heterocycles. The van der Waals surface area contributed by atoms with Crippen LogP contribution in [0.4, 0.5) is 11.4 Å². The van der Waals surface area contributed by atoms with Gasteiger partial charge in [-0.25, -0.2) is 0 Å². The number of aromatic nitrogens is 1. The maximum atomic E-state index is 6.09. The summed E-state index contributed by atoms with van der Waals surface area (Å²) in [5, 5.41) is 7.39. The van der Waals surface area contributed by atoms with Crippen molar-refractivity contribution in [1.82, 2.24) is 4.98 Å². The number of H-pyrrole nitrogens is 1. The Bertz CT molecular complexity index is 1040. The summed E-state index contributed by atoms with van der Waals surface area (Å²) in [7, 11) is 0. The number of halogens is 3. The SMILES string of the molecule is Clc1ccc2[nH]c3cc(Nc4ccc(Cl)c(Cl)c4)ccc3c2c1. The van der Waals surface area contributed by atoms with E-state index in [0.29, 0.717) is 10.0 Å². The van der Waals surface area contributed by atoms with Crippen molar-refractivity contribution in [3.05, 3.63) is 69.7 Å². The van der Waals surface area contributed by atoms with Gasteiger partial charge in [0.05, 0.1) is 10.0 Å². The highest BCUT2D eigenvalue weighted by molar-refractivity contribution is 6.42. The predicted molar refractivity (Wildman–Crippen MR) is 101 cm³/mol. The Morgan fingerprint density at radius 3 is 2.26 bits per heavy atom. The lowest BCUT2D eigenvalue weighted by Crippen LogP contribution is -1.89. The van der Waals surface area contributed by atoms with Crippen LogP contribution >= 0.6 is 34.8 Å². The molecule has 23 heavy (non-hydrogen) atoms. The molecule has 4 aromatic rings. The number of fused-ring (bicyclic) bond motifs is 3. The van der Waals surface area contributed by atoms with Gasteiger partial charge in [0.1, 0.15) is 0 Å². The fourth-order valence-corrected chi connectivity index (χ4v) is 3.16.